The number of methoxy groups -OCH3 is 1. The van der Waals surface area contributed by atoms with Crippen LogP contribution in [0.15, 0.2) is 59.9 Å². The number of amides is 1. The molecule has 6 heteroatoms. The number of aliphatic hydroxyl groups is 1. The van der Waals surface area contributed by atoms with Crippen LogP contribution < -0.4 is 9.47 Å². The zero-order valence-electron chi connectivity index (χ0n) is 17.7. The smallest absolute Gasteiger partial charge is 0.290 e. The topological polar surface area (TPSA) is 76.1 Å². The molecule has 0 spiro atoms. The van der Waals surface area contributed by atoms with Gasteiger partial charge >= 0.3 is 0 Å². The summed E-state index contributed by atoms with van der Waals surface area (Å²) < 4.78 is 11.0. The van der Waals surface area contributed by atoms with E-state index >= 15 is 0 Å². The zero-order valence-corrected chi connectivity index (χ0v) is 17.7. The Labute approximate surface area is 176 Å². The summed E-state index contributed by atoms with van der Waals surface area (Å²) >= 11 is 0. The first kappa shape index (κ1) is 21.4. The first-order chi connectivity index (χ1) is 14.3. The minimum atomic E-state index is -0.663. The molecule has 0 saturated carbocycles. The Morgan fingerprint density at radius 3 is 2.43 bits per heavy atom. The summed E-state index contributed by atoms with van der Waals surface area (Å²) in [6.07, 6.45) is 0.236. The van der Waals surface area contributed by atoms with Crippen molar-refractivity contribution in [3.63, 3.8) is 0 Å². The molecule has 3 rings (SSSR count). The Kier molecular flexibility index (Phi) is 6.45. The van der Waals surface area contributed by atoms with Gasteiger partial charge in [-0.3, -0.25) is 9.59 Å². The molecule has 1 unspecified atom stereocenters. The van der Waals surface area contributed by atoms with E-state index in [0.717, 1.165) is 11.1 Å². The molecule has 1 atom stereocenters. The molecule has 6 nitrogen and oxygen atoms in total. The van der Waals surface area contributed by atoms with Gasteiger partial charge < -0.3 is 19.5 Å². The molecule has 0 aliphatic carbocycles. The summed E-state index contributed by atoms with van der Waals surface area (Å²) in [4.78, 5) is 27.0. The summed E-state index contributed by atoms with van der Waals surface area (Å²) in [5, 5.41) is 10.5. The highest BCUT2D eigenvalue weighted by atomic mass is 16.5. The first-order valence-electron chi connectivity index (χ1n) is 10.0. The predicted octanol–water partition coefficient (Wildman–Crippen LogP) is 4.36. The maximum absolute atomic E-state index is 12.9. The van der Waals surface area contributed by atoms with E-state index in [9.17, 15) is 14.7 Å². The Bertz CT molecular complexity index is 962. The highest BCUT2D eigenvalue weighted by Crippen LogP contribution is 2.39. The Hall–Kier alpha value is -3.28. The highest BCUT2D eigenvalue weighted by molar-refractivity contribution is 6.08. The molecule has 0 aromatic heterocycles. The monoisotopic (exact) mass is 409 g/mol. The van der Waals surface area contributed by atoms with Crippen molar-refractivity contribution in [3.05, 3.63) is 71.0 Å². The van der Waals surface area contributed by atoms with Gasteiger partial charge in [0.05, 0.1) is 24.8 Å². The average molecular weight is 409 g/mol. The van der Waals surface area contributed by atoms with E-state index in [-0.39, 0.29) is 30.4 Å². The van der Waals surface area contributed by atoms with E-state index in [4.69, 9.17) is 9.47 Å². The number of carbonyl (C=O) groups excluding carboxylic acids is 2. The van der Waals surface area contributed by atoms with E-state index < -0.39 is 17.7 Å². The number of aliphatic hydroxyl groups excluding tert-OH is 1. The fourth-order valence-electron chi connectivity index (χ4n) is 3.61. The van der Waals surface area contributed by atoms with Gasteiger partial charge in [0.25, 0.3) is 5.91 Å². The van der Waals surface area contributed by atoms with E-state index in [2.05, 4.69) is 0 Å². The Balaban J connectivity index is 2.00. The number of nitrogens with zero attached hydrogens (tertiary/aromatic N) is 1. The van der Waals surface area contributed by atoms with Crippen LogP contribution in [0.4, 0.5) is 0 Å². The largest absolute Gasteiger partial charge is 0.503 e. The lowest BCUT2D eigenvalue weighted by molar-refractivity contribution is -0.130. The number of Topliss-reactive ketones (excluding diaryl/α,β-unsaturated/α-hetero) is 1. The third kappa shape index (κ3) is 4.32. The van der Waals surface area contributed by atoms with Gasteiger partial charge in [-0.2, -0.15) is 0 Å². The van der Waals surface area contributed by atoms with Gasteiger partial charge in [0.15, 0.2) is 11.5 Å². The Morgan fingerprint density at radius 2 is 1.83 bits per heavy atom. The molecule has 1 aliphatic rings. The fourth-order valence-corrected chi connectivity index (χ4v) is 3.61. The van der Waals surface area contributed by atoms with Gasteiger partial charge in [0.2, 0.25) is 0 Å². The maximum atomic E-state index is 12.9. The van der Waals surface area contributed by atoms with Crippen molar-refractivity contribution in [2.24, 2.45) is 0 Å². The van der Waals surface area contributed by atoms with Crippen molar-refractivity contribution >= 4 is 11.7 Å². The van der Waals surface area contributed by atoms with Crippen LogP contribution in [0, 0.1) is 0 Å². The van der Waals surface area contributed by atoms with Crippen LogP contribution in [-0.4, -0.2) is 34.9 Å². The molecule has 0 saturated heterocycles. The molecule has 1 heterocycles. The van der Waals surface area contributed by atoms with E-state index in [1.807, 2.05) is 62.4 Å². The van der Waals surface area contributed by atoms with E-state index in [0.29, 0.717) is 11.5 Å². The van der Waals surface area contributed by atoms with Crippen LogP contribution in [0.2, 0.25) is 0 Å². The maximum Gasteiger partial charge on any atom is 0.290 e. The van der Waals surface area contributed by atoms with Crippen molar-refractivity contribution in [1.29, 1.82) is 0 Å². The third-order valence-electron chi connectivity index (χ3n) is 4.98. The summed E-state index contributed by atoms with van der Waals surface area (Å²) in [7, 11) is 1.58. The molecule has 1 aliphatic heterocycles. The van der Waals surface area contributed by atoms with Crippen LogP contribution >= 0.6 is 0 Å². The summed E-state index contributed by atoms with van der Waals surface area (Å²) in [5.74, 6) is 0.0998. The summed E-state index contributed by atoms with van der Waals surface area (Å²) in [6.45, 7) is 5.83. The van der Waals surface area contributed by atoms with Gasteiger partial charge in [-0.1, -0.05) is 31.2 Å². The fraction of sp³-hybridized carbons (Fsp3) is 0.333. The number of ether oxygens (including phenoxy) is 2. The van der Waals surface area contributed by atoms with Gasteiger partial charge in [0.1, 0.15) is 11.5 Å². The quantitative estimate of drug-likeness (QED) is 0.701. The number of rotatable bonds is 8. The zero-order chi connectivity index (χ0) is 21.8. The second-order valence-electron chi connectivity index (χ2n) is 7.46. The van der Waals surface area contributed by atoms with Crippen molar-refractivity contribution < 1.29 is 24.2 Å². The van der Waals surface area contributed by atoms with Gasteiger partial charge in [0, 0.05) is 13.0 Å². The highest BCUT2D eigenvalue weighted by Gasteiger charge is 2.42. The SMILES string of the molecule is CCC(=O)C1=C(O)C(=O)N(Cc2cccc(OC)c2)C1c1ccc(OC(C)C)cc1. The molecule has 158 valence electrons. The Morgan fingerprint density at radius 1 is 1.13 bits per heavy atom. The van der Waals surface area contributed by atoms with Crippen LogP contribution in [-0.2, 0) is 16.1 Å². The molecular weight excluding hydrogens is 382 g/mol. The van der Waals surface area contributed by atoms with Crippen LogP contribution in [0.5, 0.6) is 11.5 Å². The molecule has 0 fully saturated rings. The lowest BCUT2D eigenvalue weighted by Gasteiger charge is -2.27. The molecule has 1 N–H and O–H groups in total. The van der Waals surface area contributed by atoms with Crippen LogP contribution in [0.1, 0.15) is 44.4 Å². The molecule has 30 heavy (non-hydrogen) atoms. The van der Waals surface area contributed by atoms with Crippen LogP contribution in [0.25, 0.3) is 0 Å². The standard InChI is InChI=1S/C24H27NO5/c1-5-20(26)21-22(17-9-11-18(12-10-17)30-15(2)3)25(24(28)23(21)27)14-16-7-6-8-19(13-16)29-4/h6-13,15,22,27H,5,14H2,1-4H3. The van der Waals surface area contributed by atoms with Crippen molar-refractivity contribution in [2.45, 2.75) is 45.9 Å². The van der Waals surface area contributed by atoms with Crippen LogP contribution in [0.3, 0.4) is 0 Å². The van der Waals surface area contributed by atoms with Crippen molar-refractivity contribution in [1.82, 2.24) is 4.90 Å². The number of ketones is 1. The lowest BCUT2D eigenvalue weighted by Crippen LogP contribution is -2.30. The average Bonchev–Trinajstić information content (AvgIpc) is 2.98. The second kappa shape index (κ2) is 9.03. The van der Waals surface area contributed by atoms with E-state index in [1.165, 1.54) is 4.90 Å². The molecule has 0 bridgehead atoms. The third-order valence-corrected chi connectivity index (χ3v) is 4.98. The van der Waals surface area contributed by atoms with E-state index in [1.54, 1.807) is 14.0 Å². The number of hydrogen-bond donors (Lipinski definition) is 1. The van der Waals surface area contributed by atoms with Crippen molar-refractivity contribution in [3.8, 4) is 11.5 Å². The van der Waals surface area contributed by atoms with Gasteiger partial charge in [-0.05, 0) is 49.2 Å². The molecule has 0 radical (unpaired) electrons. The van der Waals surface area contributed by atoms with Crippen molar-refractivity contribution in [2.75, 3.05) is 7.11 Å². The second-order valence-corrected chi connectivity index (χ2v) is 7.46. The molecule has 1 amide bonds. The van der Waals surface area contributed by atoms with Gasteiger partial charge in [-0.25, -0.2) is 0 Å². The first-order valence-corrected chi connectivity index (χ1v) is 10.0. The molecule has 2 aromatic rings. The molecule has 2 aromatic carbocycles. The number of hydrogen-bond acceptors (Lipinski definition) is 5. The lowest BCUT2D eigenvalue weighted by atomic mass is 9.95. The minimum absolute atomic E-state index is 0.0367. The predicted molar refractivity (Wildman–Crippen MR) is 113 cm³/mol. The molecular formula is C24H27NO5. The van der Waals surface area contributed by atoms with Gasteiger partial charge in [-0.15, -0.1) is 0 Å². The number of carbonyl (C=O) groups is 2. The summed E-state index contributed by atoms with van der Waals surface area (Å²) in [6, 6.07) is 14.0. The normalized spacial score (nSPS) is 16.4. The minimum Gasteiger partial charge on any atom is -0.503 e. The summed E-state index contributed by atoms with van der Waals surface area (Å²) in [5.41, 5.74) is 1.72. The number of benzene rings is 2.